The van der Waals surface area contributed by atoms with Crippen molar-refractivity contribution >= 4 is 27.2 Å². The predicted octanol–water partition coefficient (Wildman–Crippen LogP) is 1.81. The summed E-state index contributed by atoms with van der Waals surface area (Å²) in [4.78, 5) is 12.4. The number of azo groups is 1. The Morgan fingerprint density at radius 2 is 1.60 bits per heavy atom. The van der Waals surface area contributed by atoms with Crippen LogP contribution in [0.1, 0.15) is 0 Å². The zero-order valence-electron chi connectivity index (χ0n) is 12.8. The van der Waals surface area contributed by atoms with E-state index in [0.717, 1.165) is 0 Å². The average Bonchev–Trinajstić information content (AvgIpc) is 2.88. The molecule has 3 rings (SSSR count). The van der Waals surface area contributed by atoms with Gasteiger partial charge >= 0.3 is 5.56 Å². The summed E-state index contributed by atoms with van der Waals surface area (Å²) in [6, 6.07) is 14.3. The van der Waals surface area contributed by atoms with Gasteiger partial charge in [0, 0.05) is 0 Å². The lowest BCUT2D eigenvalue weighted by Crippen LogP contribution is -2.13. The van der Waals surface area contributed by atoms with E-state index < -0.39 is 15.6 Å². The SMILES string of the molecule is Nc1[nH]n(-c2ccccc2)c(=O)c1N=Nc1ccc(S(N)(=O)=O)cc1. The van der Waals surface area contributed by atoms with E-state index >= 15 is 0 Å². The van der Waals surface area contributed by atoms with Crippen LogP contribution in [0, 0.1) is 0 Å². The highest BCUT2D eigenvalue weighted by atomic mass is 32.2. The molecular formula is C15H14N6O3S. The average molecular weight is 358 g/mol. The van der Waals surface area contributed by atoms with Crippen LogP contribution in [0.4, 0.5) is 17.2 Å². The number of hydrogen-bond acceptors (Lipinski definition) is 6. The monoisotopic (exact) mass is 358 g/mol. The summed E-state index contributed by atoms with van der Waals surface area (Å²) in [6.07, 6.45) is 0. The van der Waals surface area contributed by atoms with Crippen molar-refractivity contribution in [1.82, 2.24) is 9.78 Å². The minimum Gasteiger partial charge on any atom is -0.382 e. The molecule has 0 aliphatic rings. The van der Waals surface area contributed by atoms with E-state index in [1.807, 2.05) is 6.07 Å². The van der Waals surface area contributed by atoms with Gasteiger partial charge in [-0.15, -0.1) is 5.11 Å². The number of sulfonamides is 1. The molecule has 0 aliphatic heterocycles. The third-order valence-corrected chi connectivity index (χ3v) is 4.27. The molecule has 2 aromatic carbocycles. The van der Waals surface area contributed by atoms with E-state index in [2.05, 4.69) is 15.3 Å². The quantitative estimate of drug-likeness (QED) is 0.610. The normalized spacial score (nSPS) is 11.9. The Labute approximate surface area is 142 Å². The van der Waals surface area contributed by atoms with Crippen LogP contribution in [0.25, 0.3) is 5.69 Å². The van der Waals surface area contributed by atoms with Crippen molar-refractivity contribution in [2.24, 2.45) is 15.4 Å². The van der Waals surface area contributed by atoms with Crippen LogP contribution in [-0.4, -0.2) is 18.2 Å². The van der Waals surface area contributed by atoms with Crippen molar-refractivity contribution < 1.29 is 8.42 Å². The number of benzene rings is 2. The van der Waals surface area contributed by atoms with Crippen LogP contribution >= 0.6 is 0 Å². The third-order valence-electron chi connectivity index (χ3n) is 3.34. The van der Waals surface area contributed by atoms with Crippen LogP contribution in [-0.2, 0) is 10.0 Å². The number of rotatable bonds is 4. The van der Waals surface area contributed by atoms with Crippen molar-refractivity contribution in [1.29, 1.82) is 0 Å². The molecule has 5 N–H and O–H groups in total. The minimum atomic E-state index is -3.78. The number of nitrogen functional groups attached to an aromatic ring is 1. The number of nitrogens with two attached hydrogens (primary N) is 2. The van der Waals surface area contributed by atoms with Gasteiger partial charge < -0.3 is 5.73 Å². The highest BCUT2D eigenvalue weighted by Crippen LogP contribution is 2.21. The molecule has 0 amide bonds. The Morgan fingerprint density at radius 1 is 0.960 bits per heavy atom. The van der Waals surface area contributed by atoms with Gasteiger partial charge in [0.2, 0.25) is 10.0 Å². The molecule has 25 heavy (non-hydrogen) atoms. The van der Waals surface area contributed by atoms with E-state index in [0.29, 0.717) is 11.4 Å². The first-order valence-corrected chi connectivity index (χ1v) is 8.61. The topological polar surface area (TPSA) is 149 Å². The molecule has 0 spiro atoms. The molecule has 0 aliphatic carbocycles. The van der Waals surface area contributed by atoms with E-state index in [-0.39, 0.29) is 16.4 Å². The van der Waals surface area contributed by atoms with Gasteiger partial charge in [0.15, 0.2) is 5.69 Å². The first-order chi connectivity index (χ1) is 11.9. The summed E-state index contributed by atoms with van der Waals surface area (Å²) in [6.45, 7) is 0. The molecule has 0 bridgehead atoms. The van der Waals surface area contributed by atoms with Gasteiger partial charge in [0.25, 0.3) is 0 Å². The Balaban J connectivity index is 1.92. The van der Waals surface area contributed by atoms with Crippen molar-refractivity contribution in [3.8, 4) is 5.69 Å². The van der Waals surface area contributed by atoms with Gasteiger partial charge in [-0.2, -0.15) is 5.11 Å². The zero-order valence-corrected chi connectivity index (χ0v) is 13.6. The zero-order chi connectivity index (χ0) is 18.0. The maximum atomic E-state index is 12.4. The summed E-state index contributed by atoms with van der Waals surface area (Å²) in [5, 5.41) is 15.5. The summed E-state index contributed by atoms with van der Waals surface area (Å²) < 4.78 is 23.7. The predicted molar refractivity (Wildman–Crippen MR) is 92.8 cm³/mol. The molecule has 10 heteroatoms. The molecule has 0 fully saturated rings. The van der Waals surface area contributed by atoms with Crippen molar-refractivity contribution in [3.05, 3.63) is 65.0 Å². The number of anilines is 1. The fourth-order valence-corrected chi connectivity index (χ4v) is 2.63. The number of para-hydroxylation sites is 1. The number of aromatic amines is 1. The van der Waals surface area contributed by atoms with Crippen LogP contribution in [0.2, 0.25) is 0 Å². The molecule has 1 heterocycles. The lowest BCUT2D eigenvalue weighted by atomic mass is 10.3. The maximum Gasteiger partial charge on any atom is 0.301 e. The van der Waals surface area contributed by atoms with Gasteiger partial charge in [-0.25, -0.2) is 18.2 Å². The van der Waals surface area contributed by atoms with E-state index in [9.17, 15) is 13.2 Å². The molecule has 0 saturated carbocycles. The Bertz CT molecular complexity index is 1080. The summed E-state index contributed by atoms with van der Waals surface area (Å²) in [5.74, 6) is 0.0683. The second-order valence-electron chi connectivity index (χ2n) is 5.09. The molecule has 1 aromatic heterocycles. The van der Waals surface area contributed by atoms with Crippen LogP contribution in [0.5, 0.6) is 0 Å². The van der Waals surface area contributed by atoms with E-state index in [1.165, 1.54) is 28.9 Å². The van der Waals surface area contributed by atoms with Crippen molar-refractivity contribution in [2.75, 3.05) is 5.73 Å². The van der Waals surface area contributed by atoms with E-state index in [1.54, 1.807) is 24.3 Å². The molecular weight excluding hydrogens is 344 g/mol. The molecule has 0 atom stereocenters. The van der Waals surface area contributed by atoms with Gasteiger partial charge in [-0.05, 0) is 36.4 Å². The molecule has 3 aromatic rings. The van der Waals surface area contributed by atoms with Crippen molar-refractivity contribution in [2.45, 2.75) is 4.90 Å². The Morgan fingerprint density at radius 3 is 2.20 bits per heavy atom. The smallest absolute Gasteiger partial charge is 0.301 e. The minimum absolute atomic E-state index is 0.0422. The lowest BCUT2D eigenvalue weighted by molar-refractivity contribution is 0.598. The van der Waals surface area contributed by atoms with Gasteiger partial charge in [0.05, 0.1) is 16.3 Å². The fourth-order valence-electron chi connectivity index (χ4n) is 2.11. The Hall–Kier alpha value is -3.24. The van der Waals surface area contributed by atoms with E-state index in [4.69, 9.17) is 10.9 Å². The van der Waals surface area contributed by atoms with Gasteiger partial charge in [-0.1, -0.05) is 18.2 Å². The first kappa shape index (κ1) is 16.6. The standard InChI is InChI=1S/C15H14N6O3S/c16-14-13(15(22)21(20-14)11-4-2-1-3-5-11)19-18-10-6-8-12(9-7-10)25(17,23)24/h1-9,20H,16H2,(H2,17,23,24). The second kappa shape index (κ2) is 6.34. The number of primary sulfonamides is 1. The number of aromatic nitrogens is 2. The summed E-state index contributed by atoms with van der Waals surface area (Å²) >= 11 is 0. The second-order valence-corrected chi connectivity index (χ2v) is 6.65. The number of H-pyrrole nitrogens is 1. The maximum absolute atomic E-state index is 12.4. The van der Waals surface area contributed by atoms with Crippen molar-refractivity contribution in [3.63, 3.8) is 0 Å². The van der Waals surface area contributed by atoms with Gasteiger partial charge in [-0.3, -0.25) is 9.89 Å². The molecule has 0 saturated heterocycles. The highest BCUT2D eigenvalue weighted by Gasteiger charge is 2.13. The number of hydrogen-bond donors (Lipinski definition) is 3. The molecule has 0 unspecified atom stereocenters. The third kappa shape index (κ3) is 3.49. The van der Waals surface area contributed by atoms with Crippen LogP contribution in [0.3, 0.4) is 0 Å². The highest BCUT2D eigenvalue weighted by molar-refractivity contribution is 7.89. The molecule has 128 valence electrons. The van der Waals surface area contributed by atoms with Gasteiger partial charge in [0.1, 0.15) is 5.82 Å². The molecule has 9 nitrogen and oxygen atoms in total. The Kier molecular flexibility index (Phi) is 4.21. The largest absolute Gasteiger partial charge is 0.382 e. The lowest BCUT2D eigenvalue weighted by Gasteiger charge is -1.98. The number of nitrogens with zero attached hydrogens (tertiary/aromatic N) is 3. The van der Waals surface area contributed by atoms with Crippen LogP contribution < -0.4 is 16.4 Å². The summed E-state index contributed by atoms with van der Waals surface area (Å²) in [7, 11) is -3.78. The van der Waals surface area contributed by atoms with Crippen LogP contribution in [0.15, 0.2) is 74.5 Å². The molecule has 0 radical (unpaired) electrons. The fraction of sp³-hybridized carbons (Fsp3) is 0. The first-order valence-electron chi connectivity index (χ1n) is 7.07. The summed E-state index contributed by atoms with van der Waals surface area (Å²) in [5.41, 5.74) is 6.26. The number of nitrogens with one attached hydrogen (secondary N) is 1.